The predicted octanol–water partition coefficient (Wildman–Crippen LogP) is 4.59. The fourth-order valence-electron chi connectivity index (χ4n) is 2.68. The number of hydrogen-bond donors (Lipinski definition) is 1. The summed E-state index contributed by atoms with van der Waals surface area (Å²) in [5.41, 5.74) is 1.20. The molecule has 27 heavy (non-hydrogen) atoms. The number of hydrogen-bond acceptors (Lipinski definition) is 4. The van der Waals surface area contributed by atoms with E-state index >= 15 is 0 Å². The molecule has 142 valence electrons. The third-order valence-electron chi connectivity index (χ3n) is 3.96. The van der Waals surface area contributed by atoms with Crippen molar-refractivity contribution < 1.29 is 17.5 Å². The molecular weight excluding hydrogens is 459 g/mol. The third kappa shape index (κ3) is 4.08. The minimum absolute atomic E-state index is 0.0321. The van der Waals surface area contributed by atoms with Gasteiger partial charge in [-0.15, -0.1) is 0 Å². The Labute approximate surface area is 169 Å². The Hall–Kier alpha value is -1.74. The van der Waals surface area contributed by atoms with Crippen molar-refractivity contribution in [3.63, 3.8) is 0 Å². The van der Waals surface area contributed by atoms with Crippen LogP contribution in [0, 0.1) is 12.7 Å². The van der Waals surface area contributed by atoms with Crippen molar-refractivity contribution in [1.82, 2.24) is 9.71 Å². The van der Waals surface area contributed by atoms with Gasteiger partial charge in [0.2, 0.25) is 10.0 Å². The van der Waals surface area contributed by atoms with Gasteiger partial charge in [-0.2, -0.15) is 0 Å². The topological polar surface area (TPSA) is 68.3 Å². The summed E-state index contributed by atoms with van der Waals surface area (Å²) < 4.78 is 48.0. The highest BCUT2D eigenvalue weighted by atomic mass is 79.9. The van der Waals surface area contributed by atoms with Gasteiger partial charge in [-0.3, -0.25) is 4.98 Å². The molecule has 0 amide bonds. The summed E-state index contributed by atoms with van der Waals surface area (Å²) in [4.78, 5) is 3.98. The van der Waals surface area contributed by atoms with E-state index in [2.05, 4.69) is 25.6 Å². The molecule has 0 radical (unpaired) electrons. The molecule has 0 spiro atoms. The molecule has 0 saturated carbocycles. The van der Waals surface area contributed by atoms with Crippen LogP contribution in [0.25, 0.3) is 10.9 Å². The summed E-state index contributed by atoms with van der Waals surface area (Å²) in [5.74, 6) is 0.0179. The van der Waals surface area contributed by atoms with Gasteiger partial charge in [0.25, 0.3) is 0 Å². The molecule has 0 bridgehead atoms. The molecule has 5 nitrogen and oxygen atoms in total. The van der Waals surface area contributed by atoms with Gasteiger partial charge >= 0.3 is 0 Å². The highest BCUT2D eigenvalue weighted by Crippen LogP contribution is 2.34. The van der Waals surface area contributed by atoms with Crippen LogP contribution in [0.3, 0.4) is 0 Å². The van der Waals surface area contributed by atoms with Gasteiger partial charge < -0.3 is 4.74 Å². The summed E-state index contributed by atoms with van der Waals surface area (Å²) in [5, 5.41) is -0.222. The van der Waals surface area contributed by atoms with Gasteiger partial charge in [0.15, 0.2) is 0 Å². The smallest absolute Gasteiger partial charge is 0.244 e. The van der Waals surface area contributed by atoms with Crippen LogP contribution < -0.4 is 9.46 Å². The summed E-state index contributed by atoms with van der Waals surface area (Å²) in [6, 6.07) is 9.74. The van der Waals surface area contributed by atoms with Crippen LogP contribution in [0.1, 0.15) is 11.3 Å². The summed E-state index contributed by atoms with van der Waals surface area (Å²) in [6.07, 6.45) is 0. The molecule has 0 aliphatic carbocycles. The number of rotatable bonds is 5. The van der Waals surface area contributed by atoms with Gasteiger partial charge in [0, 0.05) is 11.0 Å². The van der Waals surface area contributed by atoms with Gasteiger partial charge in [-0.05, 0) is 36.8 Å². The zero-order valence-electron chi connectivity index (χ0n) is 14.4. The number of pyridine rings is 1. The Balaban J connectivity index is 1.99. The first kappa shape index (κ1) is 20.0. The minimum Gasteiger partial charge on any atom is -0.497 e. The van der Waals surface area contributed by atoms with E-state index in [4.69, 9.17) is 16.3 Å². The first-order valence-electron chi connectivity index (χ1n) is 7.80. The SMILES string of the molecule is COc1ccc(CNS(=O)(=O)c2c(C)nc3cc(Br)cc(F)c3c2Cl)cc1. The van der Waals surface area contributed by atoms with Crippen LogP contribution in [0.15, 0.2) is 45.8 Å². The van der Waals surface area contributed by atoms with Crippen LogP contribution in [0.4, 0.5) is 4.39 Å². The van der Waals surface area contributed by atoms with Crippen molar-refractivity contribution in [3.05, 3.63) is 63.0 Å². The quantitative estimate of drug-likeness (QED) is 0.589. The van der Waals surface area contributed by atoms with Crippen molar-refractivity contribution in [2.45, 2.75) is 18.4 Å². The summed E-state index contributed by atoms with van der Waals surface area (Å²) in [7, 11) is -2.46. The lowest BCUT2D eigenvalue weighted by molar-refractivity contribution is 0.414. The average molecular weight is 474 g/mol. The molecule has 0 unspecified atom stereocenters. The Morgan fingerprint density at radius 3 is 2.56 bits per heavy atom. The second kappa shape index (κ2) is 7.71. The number of halogens is 3. The highest BCUT2D eigenvalue weighted by Gasteiger charge is 2.25. The fourth-order valence-corrected chi connectivity index (χ4v) is 5.00. The van der Waals surface area contributed by atoms with E-state index < -0.39 is 15.8 Å². The molecule has 2 aromatic carbocycles. The lowest BCUT2D eigenvalue weighted by atomic mass is 10.2. The van der Waals surface area contributed by atoms with Crippen LogP contribution in [-0.2, 0) is 16.6 Å². The molecule has 1 aromatic heterocycles. The first-order valence-corrected chi connectivity index (χ1v) is 10.5. The van der Waals surface area contributed by atoms with E-state index in [1.54, 1.807) is 37.4 Å². The number of ether oxygens (including phenoxy) is 1. The largest absolute Gasteiger partial charge is 0.497 e. The first-order chi connectivity index (χ1) is 12.7. The molecule has 0 fully saturated rings. The van der Waals surface area contributed by atoms with Crippen LogP contribution in [0.2, 0.25) is 5.02 Å². The Morgan fingerprint density at radius 1 is 1.26 bits per heavy atom. The molecule has 0 aliphatic rings. The number of sulfonamides is 1. The average Bonchev–Trinajstić information content (AvgIpc) is 2.59. The fraction of sp³-hybridized carbons (Fsp3) is 0.167. The van der Waals surface area contributed by atoms with Crippen molar-refractivity contribution in [3.8, 4) is 5.75 Å². The molecule has 1 N–H and O–H groups in total. The maximum atomic E-state index is 14.3. The summed E-state index contributed by atoms with van der Waals surface area (Å²) in [6.45, 7) is 1.56. The van der Waals surface area contributed by atoms with Gasteiger partial charge in [0.1, 0.15) is 16.5 Å². The number of methoxy groups -OCH3 is 1. The van der Waals surface area contributed by atoms with Crippen molar-refractivity contribution in [2.24, 2.45) is 0 Å². The lowest BCUT2D eigenvalue weighted by Gasteiger charge is -2.13. The second-order valence-electron chi connectivity index (χ2n) is 5.79. The second-order valence-corrected chi connectivity index (χ2v) is 8.79. The Kier molecular flexibility index (Phi) is 5.71. The van der Waals surface area contributed by atoms with Gasteiger partial charge in [-0.25, -0.2) is 17.5 Å². The summed E-state index contributed by atoms with van der Waals surface area (Å²) >= 11 is 9.47. The maximum Gasteiger partial charge on any atom is 0.244 e. The molecule has 1 heterocycles. The number of aryl methyl sites for hydroxylation is 1. The van der Waals surface area contributed by atoms with E-state index in [-0.39, 0.29) is 33.1 Å². The van der Waals surface area contributed by atoms with E-state index in [1.165, 1.54) is 13.0 Å². The zero-order valence-corrected chi connectivity index (χ0v) is 17.5. The highest BCUT2D eigenvalue weighted by molar-refractivity contribution is 9.10. The van der Waals surface area contributed by atoms with Crippen LogP contribution >= 0.6 is 27.5 Å². The number of nitrogens with one attached hydrogen (secondary N) is 1. The molecule has 9 heteroatoms. The number of fused-ring (bicyclic) bond motifs is 1. The third-order valence-corrected chi connectivity index (χ3v) is 6.47. The van der Waals surface area contributed by atoms with Crippen LogP contribution in [0.5, 0.6) is 5.75 Å². The number of aromatic nitrogens is 1. The molecular formula is C18H15BrClFN2O3S. The molecule has 0 saturated heterocycles. The standard InChI is InChI=1S/C18H15BrClFN2O3S/c1-10-18(17(20)16-14(21)7-12(19)8-15(16)23-10)27(24,25)22-9-11-3-5-13(26-2)6-4-11/h3-8,22H,9H2,1-2H3. The maximum absolute atomic E-state index is 14.3. The van der Waals surface area contributed by atoms with E-state index in [9.17, 15) is 12.8 Å². The zero-order chi connectivity index (χ0) is 19.8. The monoisotopic (exact) mass is 472 g/mol. The number of benzene rings is 2. The van der Waals surface area contributed by atoms with Crippen molar-refractivity contribution in [1.29, 1.82) is 0 Å². The normalized spacial score (nSPS) is 11.7. The van der Waals surface area contributed by atoms with Crippen molar-refractivity contribution in [2.75, 3.05) is 7.11 Å². The van der Waals surface area contributed by atoms with E-state index in [1.807, 2.05) is 0 Å². The Morgan fingerprint density at radius 2 is 1.93 bits per heavy atom. The number of nitrogens with zero attached hydrogens (tertiary/aromatic N) is 1. The lowest BCUT2D eigenvalue weighted by Crippen LogP contribution is -2.25. The van der Waals surface area contributed by atoms with E-state index in [0.717, 1.165) is 5.56 Å². The molecule has 3 rings (SSSR count). The molecule has 3 aromatic rings. The molecule has 0 aliphatic heterocycles. The van der Waals surface area contributed by atoms with Gasteiger partial charge in [0.05, 0.1) is 28.7 Å². The van der Waals surface area contributed by atoms with Crippen LogP contribution in [-0.4, -0.2) is 20.5 Å². The molecule has 0 atom stereocenters. The minimum atomic E-state index is -4.01. The van der Waals surface area contributed by atoms with E-state index in [0.29, 0.717) is 10.2 Å². The predicted molar refractivity (Wildman–Crippen MR) is 106 cm³/mol. The van der Waals surface area contributed by atoms with Gasteiger partial charge in [-0.1, -0.05) is 39.7 Å². The van der Waals surface area contributed by atoms with Crippen molar-refractivity contribution >= 4 is 48.5 Å². The Bertz CT molecular complexity index is 1120.